The third-order valence-electron chi connectivity index (χ3n) is 3.03. The molecule has 116 valence electrons. The highest BCUT2D eigenvalue weighted by Gasteiger charge is 2.07. The number of anilines is 1. The van der Waals surface area contributed by atoms with Gasteiger partial charge in [0.05, 0.1) is 30.7 Å². The summed E-state index contributed by atoms with van der Waals surface area (Å²) in [7, 11) is 1.60. The summed E-state index contributed by atoms with van der Waals surface area (Å²) in [5.41, 5.74) is 5.25. The van der Waals surface area contributed by atoms with Gasteiger partial charge in [0.2, 0.25) is 0 Å². The minimum atomic E-state index is -0.449. The van der Waals surface area contributed by atoms with E-state index in [-0.39, 0.29) is 0 Å². The van der Waals surface area contributed by atoms with Crippen molar-refractivity contribution in [3.05, 3.63) is 48.0 Å². The number of nitrogens with zero attached hydrogens (tertiary/aromatic N) is 3. The van der Waals surface area contributed by atoms with Crippen molar-refractivity contribution in [1.29, 1.82) is 0 Å². The molecular formula is C15H13N5O2S. The van der Waals surface area contributed by atoms with E-state index in [9.17, 15) is 4.79 Å². The Hall–Kier alpha value is -3.00. The van der Waals surface area contributed by atoms with Crippen LogP contribution in [0, 0.1) is 0 Å². The monoisotopic (exact) mass is 327 g/mol. The highest BCUT2D eigenvalue weighted by Crippen LogP contribution is 2.20. The molecule has 1 heterocycles. The van der Waals surface area contributed by atoms with E-state index in [1.165, 1.54) is 0 Å². The second-order valence-electron chi connectivity index (χ2n) is 4.53. The van der Waals surface area contributed by atoms with E-state index in [1.807, 2.05) is 30.3 Å². The Balaban J connectivity index is 1.61. The van der Waals surface area contributed by atoms with E-state index in [0.29, 0.717) is 11.2 Å². The topological polar surface area (TPSA) is 88.5 Å². The molecule has 0 bridgehead atoms. The zero-order valence-electron chi connectivity index (χ0n) is 12.2. The average Bonchev–Trinajstić information content (AvgIpc) is 3.05. The Morgan fingerprint density at radius 2 is 2.04 bits per heavy atom. The molecule has 0 radical (unpaired) electrons. The number of hydrazone groups is 1. The number of rotatable bonds is 4. The van der Waals surface area contributed by atoms with Gasteiger partial charge in [-0.3, -0.25) is 0 Å². The summed E-state index contributed by atoms with van der Waals surface area (Å²) in [6.07, 6.45) is 1.55. The molecule has 0 fully saturated rings. The van der Waals surface area contributed by atoms with Gasteiger partial charge in [-0.1, -0.05) is 6.07 Å². The van der Waals surface area contributed by atoms with Crippen molar-refractivity contribution < 1.29 is 9.53 Å². The highest BCUT2D eigenvalue weighted by atomic mass is 32.1. The van der Waals surface area contributed by atoms with Gasteiger partial charge < -0.3 is 10.1 Å². The predicted octanol–water partition coefficient (Wildman–Crippen LogP) is 2.86. The lowest BCUT2D eigenvalue weighted by molar-refractivity contribution is 0.252. The number of fused-ring (bicyclic) bond motifs is 1. The van der Waals surface area contributed by atoms with Crippen molar-refractivity contribution in [3.8, 4) is 5.75 Å². The molecule has 2 aromatic carbocycles. The van der Waals surface area contributed by atoms with Crippen LogP contribution < -0.4 is 15.5 Å². The number of aromatic nitrogens is 2. The van der Waals surface area contributed by atoms with Gasteiger partial charge in [0.1, 0.15) is 16.8 Å². The molecular weight excluding hydrogens is 314 g/mol. The fourth-order valence-electron chi connectivity index (χ4n) is 1.91. The van der Waals surface area contributed by atoms with Crippen molar-refractivity contribution in [2.45, 2.75) is 0 Å². The summed E-state index contributed by atoms with van der Waals surface area (Å²) in [6, 6.07) is 12.3. The van der Waals surface area contributed by atoms with Gasteiger partial charge in [-0.05, 0) is 42.0 Å². The Morgan fingerprint density at radius 3 is 2.83 bits per heavy atom. The molecule has 1 aromatic heterocycles. The number of carbonyl (C=O) groups is 1. The number of hydrogen-bond donors (Lipinski definition) is 2. The maximum absolute atomic E-state index is 11.9. The average molecular weight is 327 g/mol. The van der Waals surface area contributed by atoms with Crippen LogP contribution in [0.15, 0.2) is 47.6 Å². The minimum absolute atomic E-state index is 0.449. The number of nitrogens with one attached hydrogen (secondary N) is 2. The maximum atomic E-state index is 11.9. The van der Waals surface area contributed by atoms with Crippen LogP contribution in [0.4, 0.5) is 10.5 Å². The summed E-state index contributed by atoms with van der Waals surface area (Å²) in [5, 5.41) is 6.60. The van der Waals surface area contributed by atoms with Gasteiger partial charge in [0.25, 0.3) is 0 Å². The Kier molecular flexibility index (Phi) is 4.44. The largest absolute Gasteiger partial charge is 0.497 e. The maximum Gasteiger partial charge on any atom is 0.339 e. The SMILES string of the molecule is COc1ccc(/C=N\NC(=O)Nc2cccc3nsnc23)cc1. The molecule has 23 heavy (non-hydrogen) atoms. The molecule has 0 spiro atoms. The molecule has 3 aromatic rings. The van der Waals surface area contributed by atoms with E-state index in [0.717, 1.165) is 28.6 Å². The zero-order valence-corrected chi connectivity index (χ0v) is 13.0. The van der Waals surface area contributed by atoms with E-state index in [1.54, 1.807) is 25.5 Å². The van der Waals surface area contributed by atoms with Crippen LogP contribution in [0.2, 0.25) is 0 Å². The van der Waals surface area contributed by atoms with Crippen LogP contribution in [-0.4, -0.2) is 28.1 Å². The molecule has 0 aliphatic carbocycles. The lowest BCUT2D eigenvalue weighted by Gasteiger charge is -2.04. The van der Waals surface area contributed by atoms with Gasteiger partial charge in [-0.25, -0.2) is 10.2 Å². The second kappa shape index (κ2) is 6.84. The Bertz CT molecular complexity index is 844. The van der Waals surface area contributed by atoms with E-state index in [2.05, 4.69) is 24.6 Å². The zero-order chi connectivity index (χ0) is 16.1. The predicted molar refractivity (Wildman–Crippen MR) is 90.2 cm³/mol. The molecule has 0 saturated carbocycles. The van der Waals surface area contributed by atoms with Crippen molar-refractivity contribution in [1.82, 2.24) is 14.2 Å². The second-order valence-corrected chi connectivity index (χ2v) is 5.06. The molecule has 8 heteroatoms. The first-order chi connectivity index (χ1) is 11.3. The van der Waals surface area contributed by atoms with Gasteiger partial charge >= 0.3 is 6.03 Å². The first kappa shape index (κ1) is 14.9. The number of benzene rings is 2. The molecule has 0 unspecified atom stereocenters. The number of hydrogen-bond acceptors (Lipinski definition) is 6. The number of urea groups is 1. The van der Waals surface area contributed by atoms with Crippen LogP contribution in [0.25, 0.3) is 11.0 Å². The summed E-state index contributed by atoms with van der Waals surface area (Å²) in [6.45, 7) is 0. The lowest BCUT2D eigenvalue weighted by Crippen LogP contribution is -2.24. The van der Waals surface area contributed by atoms with Crippen molar-refractivity contribution in [2.75, 3.05) is 12.4 Å². The van der Waals surface area contributed by atoms with Crippen LogP contribution in [-0.2, 0) is 0 Å². The number of carbonyl (C=O) groups excluding carboxylic acids is 1. The van der Waals surface area contributed by atoms with Gasteiger partial charge in [-0.15, -0.1) is 0 Å². The first-order valence-corrected chi connectivity index (χ1v) is 7.45. The molecule has 0 aliphatic rings. The lowest BCUT2D eigenvalue weighted by atomic mass is 10.2. The molecule has 0 atom stereocenters. The van der Waals surface area contributed by atoms with Crippen LogP contribution in [0.3, 0.4) is 0 Å². The number of methoxy groups -OCH3 is 1. The molecule has 2 amide bonds. The first-order valence-electron chi connectivity index (χ1n) is 6.71. The van der Waals surface area contributed by atoms with E-state index >= 15 is 0 Å². The van der Waals surface area contributed by atoms with Crippen LogP contribution >= 0.6 is 11.7 Å². The molecule has 0 aliphatic heterocycles. The fourth-order valence-corrected chi connectivity index (χ4v) is 2.46. The minimum Gasteiger partial charge on any atom is -0.497 e. The number of amides is 2. The van der Waals surface area contributed by atoms with Gasteiger partial charge in [0.15, 0.2) is 0 Å². The molecule has 0 saturated heterocycles. The molecule has 3 rings (SSSR count). The van der Waals surface area contributed by atoms with Crippen LogP contribution in [0.5, 0.6) is 5.75 Å². The van der Waals surface area contributed by atoms with Gasteiger partial charge in [-0.2, -0.15) is 13.8 Å². The molecule has 2 N–H and O–H groups in total. The van der Waals surface area contributed by atoms with Crippen LogP contribution in [0.1, 0.15) is 5.56 Å². The summed E-state index contributed by atoms with van der Waals surface area (Å²) < 4.78 is 13.3. The van der Waals surface area contributed by atoms with Gasteiger partial charge in [0, 0.05) is 0 Å². The smallest absolute Gasteiger partial charge is 0.339 e. The highest BCUT2D eigenvalue weighted by molar-refractivity contribution is 7.00. The van der Waals surface area contributed by atoms with Crippen molar-refractivity contribution in [2.24, 2.45) is 5.10 Å². The summed E-state index contributed by atoms with van der Waals surface area (Å²) >= 11 is 1.10. The summed E-state index contributed by atoms with van der Waals surface area (Å²) in [4.78, 5) is 11.9. The van der Waals surface area contributed by atoms with E-state index < -0.39 is 6.03 Å². The van der Waals surface area contributed by atoms with Crippen molar-refractivity contribution in [3.63, 3.8) is 0 Å². The standard InChI is InChI=1S/C15H13N5O2S/c1-22-11-7-5-10(6-8-11)9-16-18-15(21)17-12-3-2-4-13-14(12)20-23-19-13/h2-9H,1H3,(H2,17,18,21)/b16-9-. The fraction of sp³-hybridized carbons (Fsp3) is 0.0667. The third kappa shape index (κ3) is 3.61. The normalized spacial score (nSPS) is 10.8. The number of ether oxygens (including phenoxy) is 1. The van der Waals surface area contributed by atoms with Crippen molar-refractivity contribution >= 4 is 40.7 Å². The quantitative estimate of drug-likeness (QED) is 0.569. The van der Waals surface area contributed by atoms with E-state index in [4.69, 9.17) is 4.74 Å². The molecule has 7 nitrogen and oxygen atoms in total. The third-order valence-corrected chi connectivity index (χ3v) is 3.57. The Labute approximate surface area is 136 Å². The Morgan fingerprint density at radius 1 is 1.22 bits per heavy atom. The summed E-state index contributed by atoms with van der Waals surface area (Å²) in [5.74, 6) is 0.762.